The van der Waals surface area contributed by atoms with Gasteiger partial charge in [-0.25, -0.2) is 0 Å². The highest BCUT2D eigenvalue weighted by atomic mass is 16.5. The molecule has 0 aromatic carbocycles. The summed E-state index contributed by atoms with van der Waals surface area (Å²) in [6.07, 6.45) is 4.56. The SMILES string of the molecule is CC=CC(=O)N1CCC(N2CCOCC2)C1. The van der Waals surface area contributed by atoms with Crippen LogP contribution in [-0.4, -0.2) is 61.1 Å². The van der Waals surface area contributed by atoms with E-state index in [4.69, 9.17) is 4.74 Å². The summed E-state index contributed by atoms with van der Waals surface area (Å²) < 4.78 is 5.34. The largest absolute Gasteiger partial charge is 0.379 e. The lowest BCUT2D eigenvalue weighted by molar-refractivity contribution is -0.125. The first-order valence-corrected chi connectivity index (χ1v) is 6.04. The number of allylic oxidation sites excluding steroid dienone is 1. The lowest BCUT2D eigenvalue weighted by Crippen LogP contribution is -2.45. The Morgan fingerprint density at radius 1 is 1.31 bits per heavy atom. The van der Waals surface area contributed by atoms with Crippen LogP contribution in [0.2, 0.25) is 0 Å². The third-order valence-corrected chi connectivity index (χ3v) is 3.35. The fourth-order valence-corrected chi connectivity index (χ4v) is 2.43. The van der Waals surface area contributed by atoms with Crippen LogP contribution in [0.3, 0.4) is 0 Å². The van der Waals surface area contributed by atoms with Crippen molar-refractivity contribution in [1.29, 1.82) is 0 Å². The van der Waals surface area contributed by atoms with Gasteiger partial charge < -0.3 is 9.64 Å². The first kappa shape index (κ1) is 11.6. The zero-order valence-corrected chi connectivity index (χ0v) is 9.89. The minimum Gasteiger partial charge on any atom is -0.379 e. The molecule has 2 saturated heterocycles. The Hall–Kier alpha value is -0.870. The van der Waals surface area contributed by atoms with Crippen molar-refractivity contribution in [2.24, 2.45) is 0 Å². The maximum Gasteiger partial charge on any atom is 0.246 e. The number of hydrogen-bond acceptors (Lipinski definition) is 3. The second-order valence-electron chi connectivity index (χ2n) is 4.38. The van der Waals surface area contributed by atoms with Crippen molar-refractivity contribution in [3.8, 4) is 0 Å². The molecule has 0 aromatic rings. The van der Waals surface area contributed by atoms with Gasteiger partial charge in [0.2, 0.25) is 5.91 Å². The molecule has 0 radical (unpaired) electrons. The summed E-state index contributed by atoms with van der Waals surface area (Å²) in [5.74, 6) is 0.151. The van der Waals surface area contributed by atoms with E-state index in [1.54, 1.807) is 6.08 Å². The molecule has 16 heavy (non-hydrogen) atoms. The van der Waals surface area contributed by atoms with E-state index < -0.39 is 0 Å². The van der Waals surface area contributed by atoms with Crippen LogP contribution < -0.4 is 0 Å². The van der Waals surface area contributed by atoms with Gasteiger partial charge in [0.25, 0.3) is 0 Å². The molecule has 0 N–H and O–H groups in total. The van der Waals surface area contributed by atoms with Crippen LogP contribution in [0.4, 0.5) is 0 Å². The Bertz CT molecular complexity index is 272. The molecule has 0 aliphatic carbocycles. The molecule has 0 spiro atoms. The predicted octanol–water partition coefficient (Wildman–Crippen LogP) is 0.496. The highest BCUT2D eigenvalue weighted by molar-refractivity contribution is 5.87. The second-order valence-corrected chi connectivity index (χ2v) is 4.38. The highest BCUT2D eigenvalue weighted by Gasteiger charge is 2.30. The van der Waals surface area contributed by atoms with Gasteiger partial charge >= 0.3 is 0 Å². The van der Waals surface area contributed by atoms with Crippen molar-refractivity contribution in [2.75, 3.05) is 39.4 Å². The minimum atomic E-state index is 0.151. The van der Waals surface area contributed by atoms with Gasteiger partial charge in [-0.1, -0.05) is 6.08 Å². The third kappa shape index (κ3) is 2.62. The van der Waals surface area contributed by atoms with Gasteiger partial charge in [0.15, 0.2) is 0 Å². The fraction of sp³-hybridized carbons (Fsp3) is 0.750. The Labute approximate surface area is 96.8 Å². The molecular weight excluding hydrogens is 204 g/mol. The standard InChI is InChI=1S/C12H20N2O2/c1-2-3-12(15)14-5-4-11(10-14)13-6-8-16-9-7-13/h2-3,11H,4-10H2,1H3. The lowest BCUT2D eigenvalue weighted by atomic mass is 10.2. The third-order valence-electron chi connectivity index (χ3n) is 3.35. The van der Waals surface area contributed by atoms with E-state index in [0.717, 1.165) is 45.8 Å². The van der Waals surface area contributed by atoms with Crippen molar-refractivity contribution in [3.63, 3.8) is 0 Å². The van der Waals surface area contributed by atoms with Gasteiger partial charge in [-0.05, 0) is 19.4 Å². The molecule has 4 heteroatoms. The number of ether oxygens (including phenoxy) is 1. The maximum atomic E-state index is 11.7. The van der Waals surface area contributed by atoms with Gasteiger partial charge in [-0.15, -0.1) is 0 Å². The van der Waals surface area contributed by atoms with E-state index in [2.05, 4.69) is 4.90 Å². The first-order chi connectivity index (χ1) is 7.81. The van der Waals surface area contributed by atoms with Crippen LogP contribution in [0.1, 0.15) is 13.3 Å². The average molecular weight is 224 g/mol. The summed E-state index contributed by atoms with van der Waals surface area (Å²) in [6.45, 7) is 7.34. The predicted molar refractivity (Wildman–Crippen MR) is 62.2 cm³/mol. The van der Waals surface area contributed by atoms with Crippen LogP contribution in [0.15, 0.2) is 12.2 Å². The molecule has 0 bridgehead atoms. The summed E-state index contributed by atoms with van der Waals surface area (Å²) in [5.41, 5.74) is 0. The molecule has 2 rings (SSSR count). The highest BCUT2D eigenvalue weighted by Crippen LogP contribution is 2.17. The van der Waals surface area contributed by atoms with E-state index in [-0.39, 0.29) is 5.91 Å². The summed E-state index contributed by atoms with van der Waals surface area (Å²) in [6, 6.07) is 0.540. The fourth-order valence-electron chi connectivity index (χ4n) is 2.43. The van der Waals surface area contributed by atoms with Crippen LogP contribution in [0, 0.1) is 0 Å². The number of carbonyl (C=O) groups is 1. The van der Waals surface area contributed by atoms with Crippen LogP contribution >= 0.6 is 0 Å². The molecule has 2 heterocycles. The van der Waals surface area contributed by atoms with Crippen molar-refractivity contribution in [1.82, 2.24) is 9.80 Å². The number of carbonyl (C=O) groups excluding carboxylic acids is 1. The Kier molecular flexibility index (Phi) is 3.96. The average Bonchev–Trinajstić information content (AvgIpc) is 2.80. The van der Waals surface area contributed by atoms with Crippen molar-refractivity contribution < 1.29 is 9.53 Å². The van der Waals surface area contributed by atoms with E-state index in [1.807, 2.05) is 17.9 Å². The summed E-state index contributed by atoms with van der Waals surface area (Å²) in [5, 5.41) is 0. The van der Waals surface area contributed by atoms with Crippen molar-refractivity contribution in [3.05, 3.63) is 12.2 Å². The molecule has 0 saturated carbocycles. The topological polar surface area (TPSA) is 32.8 Å². The van der Waals surface area contributed by atoms with Crippen LogP contribution in [0.25, 0.3) is 0 Å². The molecule has 2 fully saturated rings. The maximum absolute atomic E-state index is 11.7. The number of likely N-dealkylation sites (tertiary alicyclic amines) is 1. The lowest BCUT2D eigenvalue weighted by Gasteiger charge is -2.31. The molecule has 1 unspecified atom stereocenters. The van der Waals surface area contributed by atoms with Gasteiger partial charge in [0, 0.05) is 32.2 Å². The number of nitrogens with zero attached hydrogens (tertiary/aromatic N) is 2. The molecular formula is C12H20N2O2. The van der Waals surface area contributed by atoms with E-state index in [0.29, 0.717) is 6.04 Å². The van der Waals surface area contributed by atoms with Gasteiger partial charge in [-0.3, -0.25) is 9.69 Å². The zero-order valence-electron chi connectivity index (χ0n) is 9.89. The van der Waals surface area contributed by atoms with Crippen LogP contribution in [0.5, 0.6) is 0 Å². The summed E-state index contributed by atoms with van der Waals surface area (Å²) in [7, 11) is 0. The second kappa shape index (κ2) is 5.46. The summed E-state index contributed by atoms with van der Waals surface area (Å²) >= 11 is 0. The quantitative estimate of drug-likeness (QED) is 0.640. The molecule has 2 aliphatic rings. The summed E-state index contributed by atoms with van der Waals surface area (Å²) in [4.78, 5) is 16.1. The van der Waals surface area contributed by atoms with Gasteiger partial charge in [-0.2, -0.15) is 0 Å². The zero-order chi connectivity index (χ0) is 11.4. The number of hydrogen-bond donors (Lipinski definition) is 0. The normalized spacial score (nSPS) is 27.8. The van der Waals surface area contributed by atoms with Crippen molar-refractivity contribution in [2.45, 2.75) is 19.4 Å². The Morgan fingerprint density at radius 3 is 2.75 bits per heavy atom. The molecule has 2 aliphatic heterocycles. The van der Waals surface area contributed by atoms with Crippen molar-refractivity contribution >= 4 is 5.91 Å². The van der Waals surface area contributed by atoms with Gasteiger partial charge in [0.05, 0.1) is 13.2 Å². The van der Waals surface area contributed by atoms with E-state index >= 15 is 0 Å². The smallest absolute Gasteiger partial charge is 0.246 e. The number of morpholine rings is 1. The monoisotopic (exact) mass is 224 g/mol. The minimum absolute atomic E-state index is 0.151. The number of rotatable bonds is 2. The number of amides is 1. The Morgan fingerprint density at radius 2 is 2.06 bits per heavy atom. The molecule has 1 atom stereocenters. The van der Waals surface area contributed by atoms with Gasteiger partial charge in [0.1, 0.15) is 0 Å². The molecule has 4 nitrogen and oxygen atoms in total. The van der Waals surface area contributed by atoms with E-state index in [9.17, 15) is 4.79 Å². The molecule has 90 valence electrons. The molecule has 0 aromatic heterocycles. The van der Waals surface area contributed by atoms with Crippen LogP contribution in [-0.2, 0) is 9.53 Å². The van der Waals surface area contributed by atoms with E-state index in [1.165, 1.54) is 0 Å². The first-order valence-electron chi connectivity index (χ1n) is 6.04. The Balaban J connectivity index is 1.84. The molecule has 1 amide bonds.